The summed E-state index contributed by atoms with van der Waals surface area (Å²) >= 11 is 0. The van der Waals surface area contributed by atoms with Crippen molar-refractivity contribution in [2.24, 2.45) is 0 Å². The van der Waals surface area contributed by atoms with E-state index in [2.05, 4.69) is 0 Å². The van der Waals surface area contributed by atoms with E-state index in [0.29, 0.717) is 24.3 Å². The van der Waals surface area contributed by atoms with Gasteiger partial charge in [-0.3, -0.25) is 4.79 Å². The largest absolute Gasteiger partial charge is 0.377 e. The first-order chi connectivity index (χ1) is 9.72. The van der Waals surface area contributed by atoms with Crippen LogP contribution in [-0.2, 0) is 9.05 Å². The molecule has 21 heavy (non-hydrogen) atoms. The number of amides is 1. The van der Waals surface area contributed by atoms with E-state index in [1.807, 2.05) is 13.8 Å². The molecule has 1 amide bonds. The number of hydrogen-bond acceptors (Lipinski definition) is 4. The Morgan fingerprint density at radius 1 is 1.24 bits per heavy atom. The highest BCUT2D eigenvalue weighted by molar-refractivity contribution is 8.13. The monoisotopic (exact) mass is 332 g/mol. The van der Waals surface area contributed by atoms with Crippen molar-refractivity contribution >= 4 is 31.3 Å². The minimum atomic E-state index is -3.92. The number of hydrogen-bond donors (Lipinski definition) is 0. The lowest BCUT2D eigenvalue weighted by Crippen LogP contribution is -2.31. The zero-order valence-electron chi connectivity index (χ0n) is 12.8. The van der Waals surface area contributed by atoms with Gasteiger partial charge in [0.05, 0.1) is 5.69 Å². The molecule has 0 heterocycles. The van der Waals surface area contributed by atoms with Crippen LogP contribution in [0.15, 0.2) is 23.1 Å². The van der Waals surface area contributed by atoms with Crippen molar-refractivity contribution in [3.63, 3.8) is 0 Å². The average molecular weight is 333 g/mol. The van der Waals surface area contributed by atoms with Crippen molar-refractivity contribution in [1.29, 1.82) is 0 Å². The van der Waals surface area contributed by atoms with Crippen molar-refractivity contribution in [3.8, 4) is 0 Å². The molecule has 0 fully saturated rings. The first-order valence-corrected chi connectivity index (χ1v) is 9.08. The van der Waals surface area contributed by atoms with Crippen LogP contribution in [0.5, 0.6) is 0 Å². The zero-order valence-corrected chi connectivity index (χ0v) is 14.3. The molecule has 1 rings (SSSR count). The number of carbonyl (C=O) groups is 1. The predicted octanol–water partition coefficient (Wildman–Crippen LogP) is 2.55. The normalized spacial score (nSPS) is 11.3. The van der Waals surface area contributed by atoms with Gasteiger partial charge in [0.15, 0.2) is 0 Å². The van der Waals surface area contributed by atoms with Crippen molar-refractivity contribution in [3.05, 3.63) is 23.8 Å². The van der Waals surface area contributed by atoms with Crippen LogP contribution in [0.25, 0.3) is 0 Å². The topological polar surface area (TPSA) is 57.7 Å². The van der Waals surface area contributed by atoms with Gasteiger partial charge in [0, 0.05) is 43.4 Å². The molecular weight excluding hydrogens is 312 g/mol. The van der Waals surface area contributed by atoms with Crippen LogP contribution in [-0.4, -0.2) is 46.4 Å². The van der Waals surface area contributed by atoms with Gasteiger partial charge in [0.1, 0.15) is 4.90 Å². The maximum atomic E-state index is 12.4. The summed E-state index contributed by atoms with van der Waals surface area (Å²) in [6.07, 6.45) is 0.843. The summed E-state index contributed by atoms with van der Waals surface area (Å²) < 4.78 is 23.4. The summed E-state index contributed by atoms with van der Waals surface area (Å²) in [7, 11) is 5.00. The fourth-order valence-corrected chi connectivity index (χ4v) is 3.21. The summed E-state index contributed by atoms with van der Waals surface area (Å²) in [5.41, 5.74) is 0.787. The molecule has 1 aromatic carbocycles. The molecule has 0 radical (unpaired) electrons. The van der Waals surface area contributed by atoms with Crippen LogP contribution >= 0.6 is 10.7 Å². The smallest absolute Gasteiger partial charge is 0.263 e. The first-order valence-electron chi connectivity index (χ1n) is 6.77. The highest BCUT2D eigenvalue weighted by Gasteiger charge is 2.21. The SMILES string of the molecule is CCCN(CC)C(=O)c1ccc(N(C)C)c(S(=O)(=O)Cl)c1. The Hall–Kier alpha value is -1.27. The van der Waals surface area contributed by atoms with Gasteiger partial charge < -0.3 is 9.80 Å². The molecule has 0 unspecified atom stereocenters. The van der Waals surface area contributed by atoms with Gasteiger partial charge in [0.2, 0.25) is 0 Å². The highest BCUT2D eigenvalue weighted by Crippen LogP contribution is 2.28. The van der Waals surface area contributed by atoms with E-state index in [1.54, 1.807) is 36.0 Å². The van der Waals surface area contributed by atoms with Gasteiger partial charge in [0.25, 0.3) is 15.0 Å². The van der Waals surface area contributed by atoms with E-state index < -0.39 is 9.05 Å². The Kier molecular flexibility index (Phi) is 6.04. The van der Waals surface area contributed by atoms with E-state index in [1.165, 1.54) is 6.07 Å². The summed E-state index contributed by atoms with van der Waals surface area (Å²) in [5, 5.41) is 0. The lowest BCUT2D eigenvalue weighted by molar-refractivity contribution is 0.0764. The molecule has 0 aliphatic heterocycles. The Bertz CT molecular complexity index is 615. The molecule has 7 heteroatoms. The molecule has 118 valence electrons. The number of rotatable bonds is 6. The van der Waals surface area contributed by atoms with Crippen LogP contribution in [0.4, 0.5) is 5.69 Å². The van der Waals surface area contributed by atoms with Crippen molar-refractivity contribution in [1.82, 2.24) is 4.90 Å². The van der Waals surface area contributed by atoms with Crippen LogP contribution in [0, 0.1) is 0 Å². The van der Waals surface area contributed by atoms with Crippen molar-refractivity contribution < 1.29 is 13.2 Å². The molecule has 0 saturated heterocycles. The average Bonchev–Trinajstić information content (AvgIpc) is 2.42. The molecule has 0 bridgehead atoms. The molecule has 1 aromatic rings. The maximum absolute atomic E-state index is 12.4. The molecule has 0 atom stereocenters. The van der Waals surface area contributed by atoms with Crippen LogP contribution < -0.4 is 4.90 Å². The standard InChI is InChI=1S/C14H21ClN2O3S/c1-5-9-17(6-2)14(18)11-7-8-12(16(3)4)13(10-11)21(15,19)20/h7-8,10H,5-6,9H2,1-4H3. The molecule has 0 saturated carbocycles. The van der Waals surface area contributed by atoms with Crippen LogP contribution in [0.2, 0.25) is 0 Å². The fraction of sp³-hybridized carbons (Fsp3) is 0.500. The van der Waals surface area contributed by atoms with E-state index in [0.717, 1.165) is 6.42 Å². The lowest BCUT2D eigenvalue weighted by Gasteiger charge is -2.21. The van der Waals surface area contributed by atoms with E-state index in [4.69, 9.17) is 10.7 Å². The molecule has 0 aliphatic carbocycles. The van der Waals surface area contributed by atoms with Crippen molar-refractivity contribution in [2.45, 2.75) is 25.2 Å². The Balaban J connectivity index is 3.32. The fourth-order valence-electron chi connectivity index (χ4n) is 2.07. The van der Waals surface area contributed by atoms with Gasteiger partial charge in [-0.1, -0.05) is 6.92 Å². The van der Waals surface area contributed by atoms with Gasteiger partial charge in [-0.15, -0.1) is 0 Å². The molecule has 5 nitrogen and oxygen atoms in total. The Labute approximate surface area is 130 Å². The minimum Gasteiger partial charge on any atom is -0.377 e. The summed E-state index contributed by atoms with van der Waals surface area (Å²) in [4.78, 5) is 15.7. The number of benzene rings is 1. The third kappa shape index (κ3) is 4.35. The number of halogens is 1. The quantitative estimate of drug-likeness (QED) is 0.751. The van der Waals surface area contributed by atoms with Gasteiger partial charge in [-0.05, 0) is 31.5 Å². The highest BCUT2D eigenvalue weighted by atomic mass is 35.7. The molecule has 0 spiro atoms. The predicted molar refractivity (Wildman–Crippen MR) is 85.7 cm³/mol. The third-order valence-corrected chi connectivity index (χ3v) is 4.46. The number of carbonyl (C=O) groups excluding carboxylic acids is 1. The maximum Gasteiger partial charge on any atom is 0.263 e. The Morgan fingerprint density at radius 3 is 2.29 bits per heavy atom. The minimum absolute atomic E-state index is 0.0485. The van der Waals surface area contributed by atoms with Crippen molar-refractivity contribution in [2.75, 3.05) is 32.1 Å². The van der Waals surface area contributed by atoms with E-state index >= 15 is 0 Å². The third-order valence-electron chi connectivity index (χ3n) is 3.11. The summed E-state index contributed by atoms with van der Waals surface area (Å²) in [5.74, 6) is -0.189. The van der Waals surface area contributed by atoms with E-state index in [9.17, 15) is 13.2 Å². The summed E-state index contributed by atoms with van der Waals surface area (Å²) in [6.45, 7) is 5.08. The number of anilines is 1. The zero-order chi connectivity index (χ0) is 16.2. The second-order valence-electron chi connectivity index (χ2n) is 4.90. The summed E-state index contributed by atoms with van der Waals surface area (Å²) in [6, 6.07) is 4.57. The molecular formula is C14H21ClN2O3S. The second kappa shape index (κ2) is 7.13. The molecule has 0 N–H and O–H groups in total. The van der Waals surface area contributed by atoms with Crippen LogP contribution in [0.1, 0.15) is 30.6 Å². The second-order valence-corrected chi connectivity index (χ2v) is 7.43. The number of nitrogens with zero attached hydrogens (tertiary/aromatic N) is 2. The van der Waals surface area contributed by atoms with Gasteiger partial charge in [-0.25, -0.2) is 8.42 Å². The van der Waals surface area contributed by atoms with Gasteiger partial charge >= 0.3 is 0 Å². The van der Waals surface area contributed by atoms with E-state index in [-0.39, 0.29) is 10.8 Å². The first kappa shape index (κ1) is 17.8. The molecule has 0 aromatic heterocycles. The lowest BCUT2D eigenvalue weighted by atomic mass is 10.1. The van der Waals surface area contributed by atoms with Crippen LogP contribution in [0.3, 0.4) is 0 Å². The molecule has 0 aliphatic rings. The Morgan fingerprint density at radius 2 is 1.86 bits per heavy atom. The van der Waals surface area contributed by atoms with Gasteiger partial charge in [-0.2, -0.15) is 0 Å².